The maximum Gasteiger partial charge on any atom is 0.265 e. The first-order valence-corrected chi connectivity index (χ1v) is 9.46. The number of fused-ring (bicyclic) bond motifs is 1. The molecule has 0 fully saturated rings. The van der Waals surface area contributed by atoms with Crippen LogP contribution in [0.4, 0.5) is 24.5 Å². The van der Waals surface area contributed by atoms with Crippen molar-refractivity contribution in [2.75, 3.05) is 16.8 Å². The average Bonchev–Trinajstić information content (AvgIpc) is 2.59. The first-order chi connectivity index (χ1) is 13.9. The number of hydrogen-bond donors (Lipinski definition) is 1. The van der Waals surface area contributed by atoms with Gasteiger partial charge in [-0.2, -0.15) is 0 Å². The van der Waals surface area contributed by atoms with Gasteiger partial charge < -0.3 is 15.0 Å². The van der Waals surface area contributed by atoms with Crippen LogP contribution in [0.25, 0.3) is 0 Å². The second-order valence-electron chi connectivity index (χ2n) is 8.56. The highest BCUT2D eigenvalue weighted by molar-refractivity contribution is 5.99. The predicted octanol–water partition coefficient (Wildman–Crippen LogP) is 4.71. The lowest BCUT2D eigenvalue weighted by molar-refractivity contribution is -0.121. The van der Waals surface area contributed by atoms with E-state index in [4.69, 9.17) is 4.74 Å². The smallest absolute Gasteiger partial charge is 0.265 e. The second-order valence-corrected chi connectivity index (χ2v) is 8.56. The Labute approximate surface area is 172 Å². The Morgan fingerprint density at radius 1 is 1.13 bits per heavy atom. The van der Waals surface area contributed by atoms with Gasteiger partial charge in [-0.3, -0.25) is 9.59 Å². The minimum Gasteiger partial charge on any atom is -0.478 e. The van der Waals surface area contributed by atoms with Crippen LogP contribution in [0.15, 0.2) is 24.3 Å². The van der Waals surface area contributed by atoms with Crippen LogP contribution >= 0.6 is 0 Å². The molecule has 1 heterocycles. The van der Waals surface area contributed by atoms with Crippen LogP contribution in [-0.4, -0.2) is 18.4 Å². The van der Waals surface area contributed by atoms with Gasteiger partial charge in [0.1, 0.15) is 11.6 Å². The summed E-state index contributed by atoms with van der Waals surface area (Å²) >= 11 is 0. The summed E-state index contributed by atoms with van der Waals surface area (Å²) < 4.78 is 47.5. The molecule has 5 nitrogen and oxygen atoms in total. The van der Waals surface area contributed by atoms with Crippen LogP contribution in [0.5, 0.6) is 5.75 Å². The van der Waals surface area contributed by atoms with Gasteiger partial charge in [0.15, 0.2) is 18.2 Å². The Morgan fingerprint density at radius 3 is 2.37 bits per heavy atom. The van der Waals surface area contributed by atoms with E-state index < -0.39 is 30.0 Å². The summed E-state index contributed by atoms with van der Waals surface area (Å²) in [5, 5.41) is 2.58. The largest absolute Gasteiger partial charge is 0.478 e. The van der Waals surface area contributed by atoms with E-state index >= 15 is 4.39 Å². The Morgan fingerprint density at radius 2 is 1.77 bits per heavy atom. The van der Waals surface area contributed by atoms with Gasteiger partial charge in [-0.05, 0) is 41.7 Å². The molecule has 0 bridgehead atoms. The quantitative estimate of drug-likeness (QED) is 0.779. The van der Waals surface area contributed by atoms with Crippen LogP contribution in [0, 0.1) is 29.8 Å². The number of nitrogens with zero attached hydrogens (tertiary/aromatic N) is 1. The number of carbonyl (C=O) groups is 2. The Balaban J connectivity index is 1.95. The number of hydrogen-bond acceptors (Lipinski definition) is 3. The van der Waals surface area contributed by atoms with E-state index in [1.807, 2.05) is 20.8 Å². The molecule has 8 heteroatoms. The lowest BCUT2D eigenvalue weighted by Crippen LogP contribution is -2.39. The van der Waals surface area contributed by atoms with Crippen molar-refractivity contribution in [1.82, 2.24) is 0 Å². The van der Waals surface area contributed by atoms with E-state index in [1.54, 1.807) is 6.92 Å². The summed E-state index contributed by atoms with van der Waals surface area (Å²) in [6.45, 7) is 6.69. The summed E-state index contributed by atoms with van der Waals surface area (Å²) in [7, 11) is 0. The van der Waals surface area contributed by atoms with Gasteiger partial charge in [-0.25, -0.2) is 13.2 Å². The van der Waals surface area contributed by atoms with Gasteiger partial charge in [-0.1, -0.05) is 20.8 Å². The summed E-state index contributed by atoms with van der Waals surface area (Å²) in [5.41, 5.74) is 0.452. The molecule has 0 saturated carbocycles. The molecule has 0 spiro atoms. The fraction of sp³-hybridized carbons (Fsp3) is 0.364. The molecule has 2 amide bonds. The Kier molecular flexibility index (Phi) is 5.78. The summed E-state index contributed by atoms with van der Waals surface area (Å²) in [4.78, 5) is 25.9. The Hall–Kier alpha value is -3.03. The number of halogens is 3. The van der Waals surface area contributed by atoms with E-state index in [0.717, 1.165) is 18.2 Å². The number of nitrogens with one attached hydrogen (secondary N) is 1. The van der Waals surface area contributed by atoms with Crippen molar-refractivity contribution in [3.63, 3.8) is 0 Å². The van der Waals surface area contributed by atoms with E-state index in [-0.39, 0.29) is 47.0 Å². The van der Waals surface area contributed by atoms with Crippen molar-refractivity contribution in [3.05, 3.63) is 52.8 Å². The first kappa shape index (κ1) is 21.7. The van der Waals surface area contributed by atoms with E-state index in [1.165, 1.54) is 11.0 Å². The molecule has 2 aromatic carbocycles. The number of rotatable bonds is 4. The van der Waals surface area contributed by atoms with Gasteiger partial charge in [-0.15, -0.1) is 0 Å². The molecule has 30 heavy (non-hydrogen) atoms. The third-order valence-electron chi connectivity index (χ3n) is 4.55. The zero-order valence-corrected chi connectivity index (χ0v) is 17.2. The highest BCUT2D eigenvalue weighted by Gasteiger charge is 2.31. The Bertz CT molecular complexity index is 995. The molecule has 3 rings (SSSR count). The molecule has 0 radical (unpaired) electrons. The van der Waals surface area contributed by atoms with Crippen molar-refractivity contribution < 1.29 is 27.5 Å². The number of carbonyl (C=O) groups excluding carboxylic acids is 2. The molecule has 1 aliphatic heterocycles. The first-order valence-electron chi connectivity index (χ1n) is 9.46. The van der Waals surface area contributed by atoms with Gasteiger partial charge in [0, 0.05) is 12.5 Å². The van der Waals surface area contributed by atoms with Crippen LogP contribution in [0.1, 0.15) is 38.3 Å². The van der Waals surface area contributed by atoms with Gasteiger partial charge in [0.2, 0.25) is 5.91 Å². The summed E-state index contributed by atoms with van der Waals surface area (Å²) in [6.07, 6.45) is 0.194. The molecular weight excluding hydrogens is 397 g/mol. The number of benzene rings is 2. The molecule has 0 aromatic heterocycles. The number of aryl methyl sites for hydroxylation is 1. The fourth-order valence-electron chi connectivity index (χ4n) is 3.30. The van der Waals surface area contributed by atoms with E-state index in [2.05, 4.69) is 5.32 Å². The molecule has 0 aliphatic carbocycles. The van der Waals surface area contributed by atoms with Crippen LogP contribution in [0.3, 0.4) is 0 Å². The lowest BCUT2D eigenvalue weighted by Gasteiger charge is -2.31. The maximum atomic E-state index is 15.2. The van der Waals surface area contributed by atoms with Gasteiger partial charge >= 0.3 is 0 Å². The molecule has 160 valence electrons. The lowest BCUT2D eigenvalue weighted by atomic mass is 9.92. The van der Waals surface area contributed by atoms with Crippen molar-refractivity contribution >= 4 is 23.2 Å². The monoisotopic (exact) mass is 420 g/mol. The third-order valence-corrected chi connectivity index (χ3v) is 4.55. The van der Waals surface area contributed by atoms with Crippen molar-refractivity contribution in [1.29, 1.82) is 0 Å². The van der Waals surface area contributed by atoms with E-state index in [9.17, 15) is 18.4 Å². The van der Waals surface area contributed by atoms with Gasteiger partial charge in [0.25, 0.3) is 5.91 Å². The second kappa shape index (κ2) is 8.01. The topological polar surface area (TPSA) is 58.6 Å². The van der Waals surface area contributed by atoms with Crippen molar-refractivity contribution in [3.8, 4) is 5.75 Å². The third kappa shape index (κ3) is 4.75. The molecule has 0 saturated heterocycles. The maximum absolute atomic E-state index is 15.2. The minimum atomic E-state index is -0.796. The molecule has 1 aliphatic rings. The van der Waals surface area contributed by atoms with Crippen LogP contribution in [-0.2, 0) is 16.1 Å². The summed E-state index contributed by atoms with van der Waals surface area (Å²) in [5.74, 6) is -3.35. The van der Waals surface area contributed by atoms with Crippen molar-refractivity contribution in [2.45, 2.75) is 40.7 Å². The highest BCUT2D eigenvalue weighted by atomic mass is 19.1. The van der Waals surface area contributed by atoms with Crippen LogP contribution < -0.4 is 15.0 Å². The molecule has 0 atom stereocenters. The SMILES string of the molecule is Cc1cc2c(c(F)c1NC(=O)CC(C)(C)C)OCC(=O)N2Cc1cc(F)cc(F)c1. The fourth-order valence-corrected chi connectivity index (χ4v) is 3.30. The minimum absolute atomic E-state index is 0.0194. The normalized spacial score (nSPS) is 13.7. The van der Waals surface area contributed by atoms with E-state index in [0.29, 0.717) is 5.56 Å². The highest BCUT2D eigenvalue weighted by Crippen LogP contribution is 2.41. The molecule has 0 unspecified atom stereocenters. The van der Waals surface area contributed by atoms with Crippen LogP contribution in [0.2, 0.25) is 0 Å². The molecular formula is C22H23F3N2O3. The molecule has 2 aromatic rings. The number of amides is 2. The number of anilines is 2. The predicted molar refractivity (Wildman–Crippen MR) is 107 cm³/mol. The zero-order valence-electron chi connectivity index (χ0n) is 17.2. The van der Waals surface area contributed by atoms with Gasteiger partial charge in [0.05, 0.1) is 17.9 Å². The number of ether oxygens (including phenoxy) is 1. The standard InChI is InChI=1S/C22H23F3N2O3/c1-12-5-16-21(19(25)20(12)26-17(28)9-22(2,3)4)30-11-18(29)27(16)10-13-6-14(23)8-15(24)7-13/h5-8H,9-11H2,1-4H3,(H,26,28). The summed E-state index contributed by atoms with van der Waals surface area (Å²) in [6, 6.07) is 4.46. The van der Waals surface area contributed by atoms with Crippen molar-refractivity contribution in [2.24, 2.45) is 5.41 Å². The average molecular weight is 420 g/mol. The zero-order chi connectivity index (χ0) is 22.2. The molecule has 1 N–H and O–H groups in total.